The van der Waals surface area contributed by atoms with Gasteiger partial charge in [-0.15, -0.1) is 0 Å². The van der Waals surface area contributed by atoms with E-state index in [1.807, 2.05) is 19.2 Å². The van der Waals surface area contributed by atoms with Gasteiger partial charge in [-0.05, 0) is 11.8 Å². The van der Waals surface area contributed by atoms with Crippen LogP contribution in [-0.4, -0.2) is 36.7 Å². The highest BCUT2D eigenvalue weighted by Crippen LogP contribution is 2.25. The lowest BCUT2D eigenvalue weighted by atomic mass is 9.96. The van der Waals surface area contributed by atoms with E-state index in [0.717, 1.165) is 6.42 Å². The average Bonchev–Trinajstić information content (AvgIpc) is 2.55. The highest BCUT2D eigenvalue weighted by atomic mass is 19.4. The molecule has 1 heterocycles. The van der Waals surface area contributed by atoms with Crippen molar-refractivity contribution in [1.82, 2.24) is 10.2 Å². The first-order valence-electron chi connectivity index (χ1n) is 5.43. The maximum Gasteiger partial charge on any atom is 0.405 e. The van der Waals surface area contributed by atoms with Crippen LogP contribution >= 0.6 is 0 Å². The van der Waals surface area contributed by atoms with Crippen molar-refractivity contribution in [3.8, 4) is 0 Å². The van der Waals surface area contributed by atoms with Gasteiger partial charge in [-0.2, -0.15) is 13.2 Å². The summed E-state index contributed by atoms with van der Waals surface area (Å²) in [5.41, 5.74) is 0. The zero-order valence-electron chi connectivity index (χ0n) is 9.47. The lowest BCUT2D eigenvalue weighted by Crippen LogP contribution is -2.42. The smallest absolute Gasteiger partial charge is 0.329 e. The first-order chi connectivity index (χ1) is 7.33. The van der Waals surface area contributed by atoms with E-state index < -0.39 is 18.8 Å². The third kappa shape index (κ3) is 3.57. The molecule has 1 saturated heterocycles. The molecular weight excluding hydrogens is 221 g/mol. The number of rotatable bonds is 2. The number of halogens is 3. The molecule has 94 valence electrons. The van der Waals surface area contributed by atoms with Gasteiger partial charge in [0.25, 0.3) is 0 Å². The Morgan fingerprint density at radius 2 is 2.06 bits per heavy atom. The van der Waals surface area contributed by atoms with Crippen molar-refractivity contribution in [2.24, 2.45) is 11.8 Å². The van der Waals surface area contributed by atoms with Crippen LogP contribution in [-0.2, 0) is 0 Å². The Balaban J connectivity index is 2.39. The van der Waals surface area contributed by atoms with Crippen molar-refractivity contribution in [2.75, 3.05) is 19.6 Å². The maximum atomic E-state index is 11.9. The number of urea groups is 1. The highest BCUT2D eigenvalue weighted by molar-refractivity contribution is 5.74. The van der Waals surface area contributed by atoms with Gasteiger partial charge in [0.05, 0.1) is 0 Å². The largest absolute Gasteiger partial charge is 0.405 e. The van der Waals surface area contributed by atoms with Gasteiger partial charge in [0.2, 0.25) is 0 Å². The van der Waals surface area contributed by atoms with Crippen molar-refractivity contribution < 1.29 is 18.0 Å². The molecule has 1 aliphatic rings. The van der Waals surface area contributed by atoms with Crippen LogP contribution in [0.3, 0.4) is 0 Å². The van der Waals surface area contributed by atoms with E-state index >= 15 is 0 Å². The molecule has 2 amide bonds. The number of carbonyl (C=O) groups is 1. The third-order valence-electron chi connectivity index (χ3n) is 3.02. The van der Waals surface area contributed by atoms with Crippen LogP contribution in [0.2, 0.25) is 0 Å². The zero-order chi connectivity index (χ0) is 12.3. The summed E-state index contributed by atoms with van der Waals surface area (Å²) in [5.74, 6) is 0.762. The molecule has 0 aromatic heterocycles. The van der Waals surface area contributed by atoms with Crippen LogP contribution in [0, 0.1) is 11.8 Å². The summed E-state index contributed by atoms with van der Waals surface area (Å²) >= 11 is 0. The van der Waals surface area contributed by atoms with E-state index in [1.54, 1.807) is 0 Å². The molecule has 2 unspecified atom stereocenters. The molecule has 0 aliphatic carbocycles. The molecule has 0 bridgehead atoms. The fraction of sp³-hybridized carbons (Fsp3) is 0.900. The SMILES string of the molecule is CCC1CN(C(=O)NCC(F)(F)F)CC1C. The Hall–Kier alpha value is -0.940. The van der Waals surface area contributed by atoms with E-state index in [-0.39, 0.29) is 0 Å². The highest BCUT2D eigenvalue weighted by Gasteiger charge is 2.33. The molecule has 6 heteroatoms. The van der Waals surface area contributed by atoms with Crippen LogP contribution in [0.15, 0.2) is 0 Å². The summed E-state index contributed by atoms with van der Waals surface area (Å²) in [7, 11) is 0. The molecule has 3 nitrogen and oxygen atoms in total. The van der Waals surface area contributed by atoms with Gasteiger partial charge in [-0.25, -0.2) is 4.79 Å². The first-order valence-corrected chi connectivity index (χ1v) is 5.43. The minimum absolute atomic E-state index is 0.363. The summed E-state index contributed by atoms with van der Waals surface area (Å²) in [6, 6.07) is -0.611. The maximum absolute atomic E-state index is 11.9. The molecule has 1 N–H and O–H groups in total. The first kappa shape index (κ1) is 13.1. The molecule has 0 aromatic carbocycles. The van der Waals surface area contributed by atoms with Crippen molar-refractivity contribution in [3.63, 3.8) is 0 Å². The fourth-order valence-electron chi connectivity index (χ4n) is 2.02. The lowest BCUT2D eigenvalue weighted by Gasteiger charge is -2.17. The standard InChI is InChI=1S/C10H17F3N2O/c1-3-8-5-15(4-7(8)2)9(16)14-6-10(11,12)13/h7-8H,3-6H2,1-2H3,(H,14,16). The summed E-state index contributed by atoms with van der Waals surface area (Å²) in [4.78, 5) is 12.9. The van der Waals surface area contributed by atoms with E-state index in [1.165, 1.54) is 4.90 Å². The summed E-state index contributed by atoms with van der Waals surface area (Å²) in [6.45, 7) is 3.89. The number of amides is 2. The van der Waals surface area contributed by atoms with Crippen LogP contribution in [0.1, 0.15) is 20.3 Å². The van der Waals surface area contributed by atoms with Crippen molar-refractivity contribution >= 4 is 6.03 Å². The van der Waals surface area contributed by atoms with Crippen molar-refractivity contribution in [3.05, 3.63) is 0 Å². The van der Waals surface area contributed by atoms with E-state index in [9.17, 15) is 18.0 Å². The van der Waals surface area contributed by atoms with E-state index in [2.05, 4.69) is 0 Å². The number of hydrogen-bond acceptors (Lipinski definition) is 1. The van der Waals surface area contributed by atoms with Gasteiger partial charge in [0, 0.05) is 13.1 Å². The van der Waals surface area contributed by atoms with E-state index in [0.29, 0.717) is 24.9 Å². The fourth-order valence-corrected chi connectivity index (χ4v) is 2.02. The molecule has 0 radical (unpaired) electrons. The number of carbonyl (C=O) groups excluding carboxylic acids is 1. The number of nitrogens with one attached hydrogen (secondary N) is 1. The number of likely N-dealkylation sites (tertiary alicyclic amines) is 1. The molecule has 1 rings (SSSR count). The van der Waals surface area contributed by atoms with Crippen LogP contribution in [0.5, 0.6) is 0 Å². The number of hydrogen-bond donors (Lipinski definition) is 1. The lowest BCUT2D eigenvalue weighted by molar-refractivity contribution is -0.123. The van der Waals surface area contributed by atoms with Gasteiger partial charge >= 0.3 is 12.2 Å². The number of nitrogens with zero attached hydrogens (tertiary/aromatic N) is 1. The third-order valence-corrected chi connectivity index (χ3v) is 3.02. The molecule has 0 saturated carbocycles. The molecule has 2 atom stereocenters. The minimum atomic E-state index is -4.34. The summed E-state index contributed by atoms with van der Waals surface area (Å²) < 4.78 is 35.7. The number of alkyl halides is 3. The van der Waals surface area contributed by atoms with Crippen molar-refractivity contribution in [1.29, 1.82) is 0 Å². The predicted molar refractivity (Wildman–Crippen MR) is 54.0 cm³/mol. The van der Waals surface area contributed by atoms with Crippen LogP contribution in [0.25, 0.3) is 0 Å². The second-order valence-corrected chi connectivity index (χ2v) is 4.32. The molecule has 1 aliphatic heterocycles. The monoisotopic (exact) mass is 238 g/mol. The molecule has 0 aromatic rings. The van der Waals surface area contributed by atoms with Gasteiger partial charge in [-0.1, -0.05) is 20.3 Å². The molecule has 16 heavy (non-hydrogen) atoms. The second-order valence-electron chi connectivity index (χ2n) is 4.32. The summed E-state index contributed by atoms with van der Waals surface area (Å²) in [5, 5.41) is 1.89. The van der Waals surface area contributed by atoms with Crippen LogP contribution < -0.4 is 5.32 Å². The van der Waals surface area contributed by atoms with Crippen LogP contribution in [0.4, 0.5) is 18.0 Å². The Labute approximate surface area is 93.0 Å². The van der Waals surface area contributed by atoms with Crippen molar-refractivity contribution in [2.45, 2.75) is 26.4 Å². The minimum Gasteiger partial charge on any atom is -0.329 e. The Morgan fingerprint density at radius 3 is 2.50 bits per heavy atom. The molecular formula is C10H17F3N2O. The quantitative estimate of drug-likeness (QED) is 0.786. The van der Waals surface area contributed by atoms with Gasteiger partial charge in [0.15, 0.2) is 0 Å². The molecule has 1 fully saturated rings. The molecule has 0 spiro atoms. The Morgan fingerprint density at radius 1 is 1.44 bits per heavy atom. The average molecular weight is 238 g/mol. The topological polar surface area (TPSA) is 32.3 Å². The summed E-state index contributed by atoms with van der Waals surface area (Å²) in [6.07, 6.45) is -3.39. The van der Waals surface area contributed by atoms with E-state index in [4.69, 9.17) is 0 Å². The normalized spacial score (nSPS) is 25.9. The zero-order valence-corrected chi connectivity index (χ0v) is 9.47. The van der Waals surface area contributed by atoms with Gasteiger partial charge < -0.3 is 10.2 Å². The predicted octanol–water partition coefficient (Wildman–Crippen LogP) is 2.24. The van der Waals surface area contributed by atoms with Gasteiger partial charge in [-0.3, -0.25) is 0 Å². The Kier molecular flexibility index (Phi) is 4.04. The Bertz CT molecular complexity index is 255. The second kappa shape index (κ2) is 4.93. The van der Waals surface area contributed by atoms with Gasteiger partial charge in [0.1, 0.15) is 6.54 Å².